The van der Waals surface area contributed by atoms with Crippen LogP contribution in [0.3, 0.4) is 0 Å². The highest BCUT2D eigenvalue weighted by molar-refractivity contribution is 7.20. The first-order valence-corrected chi connectivity index (χ1v) is 8.72. The Hall–Kier alpha value is -1.73. The maximum atomic E-state index is 12.6. The molecule has 0 aromatic carbocycles. The molecule has 126 valence electrons. The quantitative estimate of drug-likeness (QED) is 0.727. The first-order chi connectivity index (χ1) is 11.0. The third kappa shape index (κ3) is 3.45. The fourth-order valence-corrected chi connectivity index (χ4v) is 3.59. The summed E-state index contributed by atoms with van der Waals surface area (Å²) in [6.45, 7) is 10.5. The Morgan fingerprint density at radius 3 is 2.65 bits per heavy atom. The molecule has 2 rings (SSSR count). The molecule has 2 aromatic heterocycles. The monoisotopic (exact) mass is 337 g/mol. The molecule has 7 heteroatoms. The van der Waals surface area contributed by atoms with Crippen LogP contribution in [0, 0.1) is 6.92 Å². The lowest BCUT2D eigenvalue weighted by Crippen LogP contribution is -2.30. The molecule has 0 aliphatic rings. The van der Waals surface area contributed by atoms with E-state index >= 15 is 0 Å². The SMILES string of the molecule is CCOCCn1cnc2sc(C(=O)N(CC)CC)c(C)c2c1=O. The third-order valence-corrected chi connectivity index (χ3v) is 5.03. The number of hydrogen-bond donors (Lipinski definition) is 0. The molecule has 0 atom stereocenters. The lowest BCUT2D eigenvalue weighted by atomic mass is 10.2. The molecule has 0 aliphatic heterocycles. The summed E-state index contributed by atoms with van der Waals surface area (Å²) < 4.78 is 6.84. The number of rotatable bonds is 7. The Bertz CT molecular complexity index is 747. The number of carbonyl (C=O) groups is 1. The van der Waals surface area contributed by atoms with Crippen molar-refractivity contribution < 1.29 is 9.53 Å². The van der Waals surface area contributed by atoms with E-state index in [9.17, 15) is 9.59 Å². The minimum atomic E-state index is -0.109. The molecule has 0 spiro atoms. The van der Waals surface area contributed by atoms with Crippen LogP contribution in [0.4, 0.5) is 0 Å². The van der Waals surface area contributed by atoms with Crippen molar-refractivity contribution in [2.75, 3.05) is 26.3 Å². The Labute approximate surface area is 139 Å². The molecule has 0 aliphatic carbocycles. The van der Waals surface area contributed by atoms with Gasteiger partial charge in [0.05, 0.1) is 29.7 Å². The number of amides is 1. The number of thiophene rings is 1. The topological polar surface area (TPSA) is 64.4 Å². The van der Waals surface area contributed by atoms with Crippen LogP contribution in [-0.2, 0) is 11.3 Å². The van der Waals surface area contributed by atoms with Crippen molar-refractivity contribution in [1.82, 2.24) is 14.5 Å². The van der Waals surface area contributed by atoms with Crippen molar-refractivity contribution in [3.63, 3.8) is 0 Å². The van der Waals surface area contributed by atoms with E-state index in [0.29, 0.717) is 47.9 Å². The van der Waals surface area contributed by atoms with Crippen molar-refractivity contribution in [1.29, 1.82) is 0 Å². The van der Waals surface area contributed by atoms with E-state index in [2.05, 4.69) is 4.98 Å². The van der Waals surface area contributed by atoms with Gasteiger partial charge in [0.15, 0.2) is 0 Å². The van der Waals surface area contributed by atoms with Crippen LogP contribution in [0.25, 0.3) is 10.2 Å². The maximum Gasteiger partial charge on any atom is 0.264 e. The summed E-state index contributed by atoms with van der Waals surface area (Å²) in [5.41, 5.74) is 0.618. The molecule has 0 radical (unpaired) electrons. The van der Waals surface area contributed by atoms with Gasteiger partial charge in [0, 0.05) is 19.7 Å². The van der Waals surface area contributed by atoms with Gasteiger partial charge in [-0.25, -0.2) is 4.98 Å². The second-order valence-electron chi connectivity index (χ2n) is 5.15. The molecular weight excluding hydrogens is 314 g/mol. The molecule has 6 nitrogen and oxygen atoms in total. The Kier molecular flexibility index (Phi) is 5.90. The lowest BCUT2D eigenvalue weighted by molar-refractivity contribution is 0.0777. The lowest BCUT2D eigenvalue weighted by Gasteiger charge is -2.17. The third-order valence-electron chi connectivity index (χ3n) is 3.84. The van der Waals surface area contributed by atoms with Gasteiger partial charge in [0.25, 0.3) is 11.5 Å². The molecule has 0 saturated heterocycles. The zero-order valence-electron chi connectivity index (χ0n) is 14.1. The van der Waals surface area contributed by atoms with Crippen molar-refractivity contribution in [3.05, 3.63) is 27.1 Å². The summed E-state index contributed by atoms with van der Waals surface area (Å²) in [6.07, 6.45) is 1.53. The van der Waals surface area contributed by atoms with E-state index in [4.69, 9.17) is 4.74 Å². The van der Waals surface area contributed by atoms with Gasteiger partial charge in [-0.2, -0.15) is 0 Å². The maximum absolute atomic E-state index is 12.6. The van der Waals surface area contributed by atoms with Gasteiger partial charge in [-0.05, 0) is 33.3 Å². The Morgan fingerprint density at radius 1 is 1.35 bits per heavy atom. The predicted molar refractivity (Wildman–Crippen MR) is 92.4 cm³/mol. The smallest absolute Gasteiger partial charge is 0.264 e. The summed E-state index contributed by atoms with van der Waals surface area (Å²) in [4.78, 5) is 32.6. The number of ether oxygens (including phenoxy) is 1. The van der Waals surface area contributed by atoms with E-state index < -0.39 is 0 Å². The second kappa shape index (κ2) is 7.70. The van der Waals surface area contributed by atoms with Gasteiger partial charge in [0.2, 0.25) is 0 Å². The first-order valence-electron chi connectivity index (χ1n) is 7.90. The molecule has 0 N–H and O–H groups in total. The molecule has 2 heterocycles. The molecule has 1 amide bonds. The number of hydrogen-bond acceptors (Lipinski definition) is 5. The van der Waals surface area contributed by atoms with Gasteiger partial charge >= 0.3 is 0 Å². The molecule has 0 saturated carbocycles. The highest BCUT2D eigenvalue weighted by Crippen LogP contribution is 2.27. The summed E-state index contributed by atoms with van der Waals surface area (Å²) >= 11 is 1.30. The number of fused-ring (bicyclic) bond motifs is 1. The van der Waals surface area contributed by atoms with Crippen molar-refractivity contribution in [2.45, 2.75) is 34.2 Å². The standard InChI is InChI=1S/C16H23N3O3S/c1-5-18(6-2)16(21)13-11(4)12-14(23-13)17-10-19(15(12)20)8-9-22-7-3/h10H,5-9H2,1-4H3. The normalized spacial score (nSPS) is 11.1. The van der Waals surface area contributed by atoms with E-state index in [1.165, 1.54) is 17.7 Å². The first kappa shape index (κ1) is 17.6. The number of carbonyl (C=O) groups excluding carboxylic acids is 1. The van der Waals surface area contributed by atoms with Crippen molar-refractivity contribution >= 4 is 27.5 Å². The van der Waals surface area contributed by atoms with E-state index in [1.807, 2.05) is 27.7 Å². The summed E-state index contributed by atoms with van der Waals surface area (Å²) in [5.74, 6) is -0.0317. The minimum Gasteiger partial charge on any atom is -0.380 e. The van der Waals surface area contributed by atoms with Crippen LogP contribution < -0.4 is 5.56 Å². The average molecular weight is 337 g/mol. The molecule has 0 unspecified atom stereocenters. The summed E-state index contributed by atoms with van der Waals surface area (Å²) in [7, 11) is 0. The molecule has 2 aromatic rings. The highest BCUT2D eigenvalue weighted by atomic mass is 32.1. The fourth-order valence-electron chi connectivity index (χ4n) is 2.48. The predicted octanol–water partition coefficient (Wildman–Crippen LogP) is 2.28. The van der Waals surface area contributed by atoms with Gasteiger partial charge in [-0.1, -0.05) is 0 Å². The van der Waals surface area contributed by atoms with E-state index in [0.717, 1.165) is 5.56 Å². The van der Waals surface area contributed by atoms with Crippen molar-refractivity contribution in [3.8, 4) is 0 Å². The average Bonchev–Trinajstić information content (AvgIpc) is 2.88. The summed E-state index contributed by atoms with van der Waals surface area (Å²) in [6, 6.07) is 0. The van der Waals surface area contributed by atoms with Crippen LogP contribution in [0.1, 0.15) is 36.0 Å². The van der Waals surface area contributed by atoms with Gasteiger partial charge in [0.1, 0.15) is 4.83 Å². The summed E-state index contributed by atoms with van der Waals surface area (Å²) in [5, 5.41) is 0.546. The zero-order valence-corrected chi connectivity index (χ0v) is 14.9. The largest absolute Gasteiger partial charge is 0.380 e. The van der Waals surface area contributed by atoms with E-state index in [-0.39, 0.29) is 11.5 Å². The van der Waals surface area contributed by atoms with E-state index in [1.54, 1.807) is 9.47 Å². The molecular formula is C16H23N3O3S. The fraction of sp³-hybridized carbons (Fsp3) is 0.562. The van der Waals surface area contributed by atoms with Crippen LogP contribution >= 0.6 is 11.3 Å². The van der Waals surface area contributed by atoms with Crippen LogP contribution in [-0.4, -0.2) is 46.7 Å². The second-order valence-corrected chi connectivity index (χ2v) is 6.15. The number of aryl methyl sites for hydroxylation is 1. The minimum absolute atomic E-state index is 0.0317. The highest BCUT2D eigenvalue weighted by Gasteiger charge is 2.22. The van der Waals surface area contributed by atoms with Gasteiger partial charge in [-0.15, -0.1) is 11.3 Å². The Morgan fingerprint density at radius 2 is 2.04 bits per heavy atom. The number of nitrogens with zero attached hydrogens (tertiary/aromatic N) is 3. The number of aromatic nitrogens is 2. The van der Waals surface area contributed by atoms with Gasteiger partial charge < -0.3 is 9.64 Å². The van der Waals surface area contributed by atoms with Crippen molar-refractivity contribution in [2.24, 2.45) is 0 Å². The molecule has 0 fully saturated rings. The van der Waals surface area contributed by atoms with Crippen LogP contribution in [0.15, 0.2) is 11.1 Å². The van der Waals surface area contributed by atoms with Gasteiger partial charge in [-0.3, -0.25) is 14.2 Å². The molecule has 23 heavy (non-hydrogen) atoms. The Balaban J connectivity index is 2.44. The molecule has 0 bridgehead atoms. The van der Waals surface area contributed by atoms with Crippen LogP contribution in [0.2, 0.25) is 0 Å². The zero-order chi connectivity index (χ0) is 17.0. The van der Waals surface area contributed by atoms with Crippen LogP contribution in [0.5, 0.6) is 0 Å².